The van der Waals surface area contributed by atoms with Crippen LogP contribution in [-0.4, -0.2) is 4.92 Å². The average Bonchev–Trinajstić information content (AvgIpc) is 2.75. The van der Waals surface area contributed by atoms with Gasteiger partial charge >= 0.3 is 5.69 Å². The van der Waals surface area contributed by atoms with Crippen LogP contribution in [-0.2, 0) is 0 Å². The van der Waals surface area contributed by atoms with Crippen molar-refractivity contribution >= 4 is 27.3 Å². The highest BCUT2D eigenvalue weighted by Crippen LogP contribution is 2.26. The summed E-state index contributed by atoms with van der Waals surface area (Å²) in [5.74, 6) is -0.200. The lowest BCUT2D eigenvalue weighted by Crippen LogP contribution is -2.06. The zero-order valence-electron chi connectivity index (χ0n) is 9.89. The molecule has 100 valence electrons. The normalized spacial score (nSPS) is 12.2. The highest BCUT2D eigenvalue weighted by Gasteiger charge is 2.15. The molecule has 2 rings (SSSR count). The number of nitro benzene ring substituents is 1. The number of benzene rings is 1. The third-order valence-electron chi connectivity index (χ3n) is 2.55. The first-order chi connectivity index (χ1) is 8.97. The van der Waals surface area contributed by atoms with E-state index in [1.54, 1.807) is 12.1 Å². The van der Waals surface area contributed by atoms with Gasteiger partial charge in [0.25, 0.3) is 0 Å². The van der Waals surface area contributed by atoms with E-state index in [-0.39, 0.29) is 6.04 Å². The molecule has 5 nitrogen and oxygen atoms in total. The Morgan fingerprint density at radius 2 is 2.16 bits per heavy atom. The van der Waals surface area contributed by atoms with Crippen LogP contribution >= 0.6 is 15.9 Å². The van der Waals surface area contributed by atoms with Crippen molar-refractivity contribution in [3.63, 3.8) is 0 Å². The fourth-order valence-electron chi connectivity index (χ4n) is 1.63. The lowest BCUT2D eigenvalue weighted by molar-refractivity contribution is -0.387. The Morgan fingerprint density at radius 3 is 2.68 bits per heavy atom. The summed E-state index contributed by atoms with van der Waals surface area (Å²) in [5.41, 5.74) is -0.0953. The van der Waals surface area contributed by atoms with Crippen LogP contribution in [0.2, 0.25) is 0 Å². The first-order valence-corrected chi connectivity index (χ1v) is 6.22. The molecule has 19 heavy (non-hydrogen) atoms. The molecule has 0 spiro atoms. The Kier molecular flexibility index (Phi) is 3.84. The summed E-state index contributed by atoms with van der Waals surface area (Å²) in [6.07, 6.45) is 0. The van der Waals surface area contributed by atoms with E-state index in [1.165, 1.54) is 6.07 Å². The highest BCUT2D eigenvalue weighted by atomic mass is 79.9. The van der Waals surface area contributed by atoms with Crippen LogP contribution in [0, 0.1) is 15.9 Å². The number of nitrogens with zero attached hydrogens (tertiary/aromatic N) is 1. The molecule has 0 saturated carbocycles. The van der Waals surface area contributed by atoms with Gasteiger partial charge in [0.1, 0.15) is 5.76 Å². The molecule has 7 heteroatoms. The van der Waals surface area contributed by atoms with Gasteiger partial charge in [-0.25, -0.2) is 0 Å². The minimum atomic E-state index is -0.872. The summed E-state index contributed by atoms with van der Waals surface area (Å²) in [5, 5.41) is 13.5. The van der Waals surface area contributed by atoms with Crippen molar-refractivity contribution in [2.24, 2.45) is 0 Å². The van der Waals surface area contributed by atoms with Gasteiger partial charge < -0.3 is 9.73 Å². The van der Waals surface area contributed by atoms with Crippen molar-refractivity contribution in [1.29, 1.82) is 0 Å². The van der Waals surface area contributed by atoms with Crippen LogP contribution in [0.5, 0.6) is 0 Å². The Bertz CT molecular complexity index is 615. The molecule has 0 amide bonds. The molecule has 0 saturated heterocycles. The van der Waals surface area contributed by atoms with E-state index in [2.05, 4.69) is 21.2 Å². The Hall–Kier alpha value is -1.89. The van der Waals surface area contributed by atoms with Gasteiger partial charge in [-0.3, -0.25) is 10.1 Å². The third-order valence-corrected chi connectivity index (χ3v) is 2.97. The zero-order valence-corrected chi connectivity index (χ0v) is 11.5. The molecule has 1 heterocycles. The van der Waals surface area contributed by atoms with Gasteiger partial charge in [0, 0.05) is 17.8 Å². The van der Waals surface area contributed by atoms with Crippen molar-refractivity contribution in [2.45, 2.75) is 13.0 Å². The third kappa shape index (κ3) is 3.11. The standard InChI is InChI=1S/C12H10BrFN2O3/c1-7(11-4-5-12(13)19-11)15-8-2-3-10(16(17)18)9(14)6-8/h2-7,15H,1H3. The first kappa shape index (κ1) is 13.5. The molecule has 0 aliphatic carbocycles. The number of nitrogens with one attached hydrogen (secondary N) is 1. The van der Waals surface area contributed by atoms with Gasteiger partial charge in [-0.05, 0) is 41.1 Å². The van der Waals surface area contributed by atoms with Gasteiger partial charge in [0.2, 0.25) is 5.82 Å². The van der Waals surface area contributed by atoms with E-state index in [9.17, 15) is 14.5 Å². The molecule has 1 N–H and O–H groups in total. The average molecular weight is 329 g/mol. The summed E-state index contributed by atoms with van der Waals surface area (Å²) >= 11 is 3.19. The second-order valence-electron chi connectivity index (χ2n) is 3.93. The van der Waals surface area contributed by atoms with Gasteiger partial charge in [0.05, 0.1) is 11.0 Å². The largest absolute Gasteiger partial charge is 0.452 e. The molecule has 2 aromatic rings. The van der Waals surface area contributed by atoms with Crippen molar-refractivity contribution in [3.05, 3.63) is 56.7 Å². The maximum Gasteiger partial charge on any atom is 0.304 e. The van der Waals surface area contributed by atoms with Gasteiger partial charge in [-0.1, -0.05) is 0 Å². The Morgan fingerprint density at radius 1 is 1.42 bits per heavy atom. The summed E-state index contributed by atoms with van der Waals surface area (Å²) in [6.45, 7) is 1.84. The summed E-state index contributed by atoms with van der Waals surface area (Å²) in [4.78, 5) is 9.75. The lowest BCUT2D eigenvalue weighted by Gasteiger charge is -2.12. The van der Waals surface area contributed by atoms with Crippen LogP contribution in [0.15, 0.2) is 39.4 Å². The lowest BCUT2D eigenvalue weighted by atomic mass is 10.2. The SMILES string of the molecule is CC(Nc1ccc([N+](=O)[O-])c(F)c1)c1ccc(Br)o1. The first-order valence-electron chi connectivity index (χ1n) is 5.43. The summed E-state index contributed by atoms with van der Waals surface area (Å²) in [6, 6.07) is 7.02. The quantitative estimate of drug-likeness (QED) is 0.672. The topological polar surface area (TPSA) is 68.3 Å². The van der Waals surface area contributed by atoms with E-state index >= 15 is 0 Å². The number of nitro groups is 1. The van der Waals surface area contributed by atoms with Crippen LogP contribution in [0.3, 0.4) is 0 Å². The van der Waals surface area contributed by atoms with Crippen molar-refractivity contribution in [2.75, 3.05) is 5.32 Å². The van der Waals surface area contributed by atoms with Gasteiger partial charge in [-0.2, -0.15) is 4.39 Å². The molecule has 0 aliphatic rings. The smallest absolute Gasteiger partial charge is 0.304 e. The van der Waals surface area contributed by atoms with E-state index < -0.39 is 16.4 Å². The fourth-order valence-corrected chi connectivity index (χ4v) is 1.95. The van der Waals surface area contributed by atoms with Crippen molar-refractivity contribution < 1.29 is 13.7 Å². The van der Waals surface area contributed by atoms with Crippen molar-refractivity contribution in [1.82, 2.24) is 0 Å². The van der Waals surface area contributed by atoms with Gasteiger partial charge in [0.15, 0.2) is 4.67 Å². The number of anilines is 1. The van der Waals surface area contributed by atoms with E-state index in [0.29, 0.717) is 16.1 Å². The summed E-state index contributed by atoms with van der Waals surface area (Å²) in [7, 11) is 0. The maximum atomic E-state index is 13.4. The predicted molar refractivity (Wildman–Crippen MR) is 71.5 cm³/mol. The Balaban J connectivity index is 2.15. The molecule has 0 aliphatic heterocycles. The minimum Gasteiger partial charge on any atom is -0.452 e. The van der Waals surface area contributed by atoms with Crippen LogP contribution in [0.4, 0.5) is 15.8 Å². The van der Waals surface area contributed by atoms with Gasteiger partial charge in [-0.15, -0.1) is 0 Å². The fraction of sp³-hybridized carbons (Fsp3) is 0.167. The monoisotopic (exact) mass is 328 g/mol. The minimum absolute atomic E-state index is 0.188. The van der Waals surface area contributed by atoms with Crippen LogP contribution < -0.4 is 5.32 Å². The molecule has 0 fully saturated rings. The molecule has 1 aromatic carbocycles. The number of rotatable bonds is 4. The Labute approximate surface area is 116 Å². The predicted octanol–water partition coefficient (Wildman–Crippen LogP) is 4.26. The summed E-state index contributed by atoms with van der Waals surface area (Å²) < 4.78 is 19.4. The number of halogens is 2. The highest BCUT2D eigenvalue weighted by molar-refractivity contribution is 9.10. The number of hydrogen-bond acceptors (Lipinski definition) is 4. The molecular weight excluding hydrogens is 319 g/mol. The second kappa shape index (κ2) is 5.40. The number of hydrogen-bond donors (Lipinski definition) is 1. The zero-order chi connectivity index (χ0) is 14.0. The maximum absolute atomic E-state index is 13.4. The molecule has 0 bridgehead atoms. The molecule has 0 radical (unpaired) electrons. The van der Waals surface area contributed by atoms with E-state index in [4.69, 9.17) is 4.42 Å². The van der Waals surface area contributed by atoms with Crippen molar-refractivity contribution in [3.8, 4) is 0 Å². The van der Waals surface area contributed by atoms with E-state index in [1.807, 2.05) is 6.92 Å². The number of furan rings is 1. The molecule has 1 atom stereocenters. The second-order valence-corrected chi connectivity index (χ2v) is 4.71. The molecule has 1 aromatic heterocycles. The van der Waals surface area contributed by atoms with Crippen LogP contribution in [0.1, 0.15) is 18.7 Å². The molecular formula is C12H10BrFN2O3. The molecule has 1 unspecified atom stereocenters. The van der Waals surface area contributed by atoms with Crippen LogP contribution in [0.25, 0.3) is 0 Å². The van der Waals surface area contributed by atoms with E-state index in [0.717, 1.165) is 12.1 Å².